The molecule has 88 valence electrons. The van der Waals surface area contributed by atoms with Crippen molar-refractivity contribution in [3.63, 3.8) is 0 Å². The lowest BCUT2D eigenvalue weighted by Gasteiger charge is -2.20. The van der Waals surface area contributed by atoms with E-state index in [0.29, 0.717) is 5.56 Å². The SMILES string of the molecule is CCCCCN(C)c1ncc(C=O)cc1C. The van der Waals surface area contributed by atoms with Gasteiger partial charge in [-0.2, -0.15) is 0 Å². The Balaban J connectivity index is 2.68. The summed E-state index contributed by atoms with van der Waals surface area (Å²) < 4.78 is 0. The number of anilines is 1. The van der Waals surface area contributed by atoms with Crippen LogP contribution in [0.3, 0.4) is 0 Å². The van der Waals surface area contributed by atoms with Crippen molar-refractivity contribution >= 4 is 12.1 Å². The molecule has 0 fully saturated rings. The van der Waals surface area contributed by atoms with Gasteiger partial charge in [-0.25, -0.2) is 4.98 Å². The van der Waals surface area contributed by atoms with Crippen molar-refractivity contribution in [1.29, 1.82) is 0 Å². The maximum Gasteiger partial charge on any atom is 0.151 e. The van der Waals surface area contributed by atoms with E-state index in [1.807, 2.05) is 20.0 Å². The number of aromatic nitrogens is 1. The van der Waals surface area contributed by atoms with Crippen LogP contribution in [0.1, 0.15) is 42.1 Å². The van der Waals surface area contributed by atoms with E-state index in [9.17, 15) is 4.79 Å². The first-order valence-electron chi connectivity index (χ1n) is 5.82. The fourth-order valence-electron chi connectivity index (χ4n) is 1.76. The van der Waals surface area contributed by atoms with Crippen molar-refractivity contribution in [3.05, 3.63) is 23.4 Å². The Labute approximate surface area is 97.5 Å². The standard InChI is InChI=1S/C13H20N2O/c1-4-5-6-7-15(3)13-11(2)8-12(10-16)9-14-13/h8-10H,4-7H2,1-3H3. The molecule has 0 saturated heterocycles. The molecule has 1 rings (SSSR count). The highest BCUT2D eigenvalue weighted by molar-refractivity contribution is 5.75. The number of nitrogens with zero attached hydrogens (tertiary/aromatic N) is 2. The molecule has 1 aromatic rings. The lowest BCUT2D eigenvalue weighted by molar-refractivity contribution is 0.112. The van der Waals surface area contributed by atoms with Crippen LogP contribution >= 0.6 is 0 Å². The van der Waals surface area contributed by atoms with E-state index in [4.69, 9.17) is 0 Å². The van der Waals surface area contributed by atoms with Crippen molar-refractivity contribution in [2.45, 2.75) is 33.1 Å². The van der Waals surface area contributed by atoms with Gasteiger partial charge in [0.2, 0.25) is 0 Å². The number of aryl methyl sites for hydroxylation is 1. The Hall–Kier alpha value is -1.38. The molecule has 1 heterocycles. The van der Waals surface area contributed by atoms with Crippen LogP contribution in [-0.4, -0.2) is 24.9 Å². The van der Waals surface area contributed by atoms with Gasteiger partial charge in [0.15, 0.2) is 6.29 Å². The predicted octanol–water partition coefficient (Wildman–Crippen LogP) is 2.83. The number of carbonyl (C=O) groups is 1. The third-order valence-corrected chi connectivity index (χ3v) is 2.67. The molecule has 0 aliphatic heterocycles. The van der Waals surface area contributed by atoms with Crippen molar-refractivity contribution in [2.24, 2.45) is 0 Å². The van der Waals surface area contributed by atoms with Gasteiger partial charge < -0.3 is 4.90 Å². The molecule has 0 aliphatic rings. The van der Waals surface area contributed by atoms with Crippen LogP contribution in [-0.2, 0) is 0 Å². The minimum atomic E-state index is 0.642. The van der Waals surface area contributed by atoms with Crippen LogP contribution in [0.2, 0.25) is 0 Å². The molecule has 0 spiro atoms. The lowest BCUT2D eigenvalue weighted by Crippen LogP contribution is -2.20. The number of pyridine rings is 1. The quantitative estimate of drug-likeness (QED) is 0.546. The average molecular weight is 220 g/mol. The molecule has 0 aromatic carbocycles. The summed E-state index contributed by atoms with van der Waals surface area (Å²) in [5.74, 6) is 0.974. The summed E-state index contributed by atoms with van der Waals surface area (Å²) in [4.78, 5) is 17.1. The van der Waals surface area contributed by atoms with Gasteiger partial charge in [-0.3, -0.25) is 4.79 Å². The van der Waals surface area contributed by atoms with Gasteiger partial charge in [-0.15, -0.1) is 0 Å². The van der Waals surface area contributed by atoms with Crippen LogP contribution in [0.15, 0.2) is 12.3 Å². The van der Waals surface area contributed by atoms with Gasteiger partial charge in [0.05, 0.1) is 0 Å². The molecule has 0 aliphatic carbocycles. The highest BCUT2D eigenvalue weighted by Crippen LogP contribution is 2.16. The highest BCUT2D eigenvalue weighted by Gasteiger charge is 2.06. The molecule has 0 atom stereocenters. The molecule has 0 amide bonds. The van der Waals surface area contributed by atoms with Gasteiger partial charge in [0, 0.05) is 25.4 Å². The zero-order valence-electron chi connectivity index (χ0n) is 10.4. The fraction of sp³-hybridized carbons (Fsp3) is 0.538. The summed E-state index contributed by atoms with van der Waals surface area (Å²) in [6.07, 6.45) is 6.12. The van der Waals surface area contributed by atoms with Crippen molar-refractivity contribution < 1.29 is 4.79 Å². The van der Waals surface area contributed by atoms with Gasteiger partial charge in [0.25, 0.3) is 0 Å². The summed E-state index contributed by atoms with van der Waals surface area (Å²) in [6, 6.07) is 1.88. The largest absolute Gasteiger partial charge is 0.359 e. The van der Waals surface area contributed by atoms with Crippen LogP contribution < -0.4 is 4.90 Å². The normalized spacial score (nSPS) is 10.2. The van der Waals surface area contributed by atoms with Crippen molar-refractivity contribution in [1.82, 2.24) is 4.98 Å². The Morgan fingerprint density at radius 3 is 2.75 bits per heavy atom. The first kappa shape index (κ1) is 12.7. The highest BCUT2D eigenvalue weighted by atomic mass is 16.1. The van der Waals surface area contributed by atoms with Gasteiger partial charge in [0.1, 0.15) is 5.82 Å². The minimum absolute atomic E-state index is 0.642. The Bertz CT molecular complexity index is 350. The molecular weight excluding hydrogens is 200 g/mol. The second-order valence-electron chi connectivity index (χ2n) is 4.16. The number of aldehydes is 1. The first-order chi connectivity index (χ1) is 7.69. The predicted molar refractivity (Wildman–Crippen MR) is 67.2 cm³/mol. The van der Waals surface area contributed by atoms with E-state index in [-0.39, 0.29) is 0 Å². The molecular formula is C13H20N2O. The lowest BCUT2D eigenvalue weighted by atomic mass is 10.2. The van der Waals surface area contributed by atoms with Gasteiger partial charge in [-0.1, -0.05) is 19.8 Å². The summed E-state index contributed by atoms with van der Waals surface area (Å²) in [5, 5.41) is 0. The summed E-state index contributed by atoms with van der Waals surface area (Å²) >= 11 is 0. The smallest absolute Gasteiger partial charge is 0.151 e. The zero-order chi connectivity index (χ0) is 12.0. The van der Waals surface area contributed by atoms with Crippen LogP contribution in [0.5, 0.6) is 0 Å². The van der Waals surface area contributed by atoms with Crippen molar-refractivity contribution in [2.75, 3.05) is 18.5 Å². The Morgan fingerprint density at radius 2 is 2.19 bits per heavy atom. The van der Waals surface area contributed by atoms with Gasteiger partial charge >= 0.3 is 0 Å². The first-order valence-corrected chi connectivity index (χ1v) is 5.82. The van der Waals surface area contributed by atoms with E-state index in [2.05, 4.69) is 16.8 Å². The van der Waals surface area contributed by atoms with Crippen LogP contribution in [0.25, 0.3) is 0 Å². The van der Waals surface area contributed by atoms with E-state index in [1.54, 1.807) is 6.20 Å². The minimum Gasteiger partial charge on any atom is -0.359 e. The van der Waals surface area contributed by atoms with E-state index in [0.717, 1.165) is 24.2 Å². The summed E-state index contributed by atoms with van der Waals surface area (Å²) in [6.45, 7) is 5.20. The fourth-order valence-corrected chi connectivity index (χ4v) is 1.76. The molecule has 16 heavy (non-hydrogen) atoms. The second-order valence-corrected chi connectivity index (χ2v) is 4.16. The molecule has 0 unspecified atom stereocenters. The number of hydrogen-bond acceptors (Lipinski definition) is 3. The molecule has 0 radical (unpaired) electrons. The maximum absolute atomic E-state index is 10.6. The van der Waals surface area contributed by atoms with E-state index >= 15 is 0 Å². The second kappa shape index (κ2) is 6.26. The molecule has 3 heteroatoms. The van der Waals surface area contributed by atoms with Crippen LogP contribution in [0, 0.1) is 6.92 Å². The Morgan fingerprint density at radius 1 is 1.44 bits per heavy atom. The molecule has 0 bridgehead atoms. The van der Waals surface area contributed by atoms with Gasteiger partial charge in [-0.05, 0) is 25.0 Å². The number of hydrogen-bond donors (Lipinski definition) is 0. The molecule has 3 nitrogen and oxygen atoms in total. The molecule has 0 saturated carbocycles. The summed E-state index contributed by atoms with van der Waals surface area (Å²) in [7, 11) is 2.05. The third-order valence-electron chi connectivity index (χ3n) is 2.67. The number of carbonyl (C=O) groups excluding carboxylic acids is 1. The van der Waals surface area contributed by atoms with Crippen LogP contribution in [0.4, 0.5) is 5.82 Å². The topological polar surface area (TPSA) is 33.2 Å². The van der Waals surface area contributed by atoms with E-state index < -0.39 is 0 Å². The van der Waals surface area contributed by atoms with E-state index in [1.165, 1.54) is 19.3 Å². The number of rotatable bonds is 6. The third kappa shape index (κ3) is 3.33. The summed E-state index contributed by atoms with van der Waals surface area (Å²) in [5.41, 5.74) is 1.70. The monoisotopic (exact) mass is 220 g/mol. The maximum atomic E-state index is 10.6. The number of unbranched alkanes of at least 4 members (excludes halogenated alkanes) is 2. The van der Waals surface area contributed by atoms with Crippen molar-refractivity contribution in [3.8, 4) is 0 Å². The molecule has 1 aromatic heterocycles. The zero-order valence-corrected chi connectivity index (χ0v) is 10.4. The average Bonchev–Trinajstić information content (AvgIpc) is 2.29. The Kier molecular flexibility index (Phi) is 4.96. The molecule has 0 N–H and O–H groups in total.